The molecule has 1 aromatic carbocycles. The zero-order chi connectivity index (χ0) is 16.2. The third kappa shape index (κ3) is 5.50. The molecule has 1 fully saturated rings. The molecule has 0 atom stereocenters. The first-order chi connectivity index (χ1) is 10.3. The van der Waals surface area contributed by atoms with Crippen molar-refractivity contribution < 1.29 is 9.53 Å². The highest BCUT2D eigenvalue weighted by molar-refractivity contribution is 6.31. The lowest BCUT2D eigenvalue weighted by Crippen LogP contribution is -2.29. The molecule has 2 N–H and O–H groups in total. The molecule has 0 radical (unpaired) electrons. The van der Waals surface area contributed by atoms with E-state index in [-0.39, 0.29) is 0 Å². The van der Waals surface area contributed by atoms with E-state index in [2.05, 4.69) is 10.6 Å². The van der Waals surface area contributed by atoms with E-state index in [0.717, 1.165) is 43.6 Å². The molecular formula is C17H25ClN2O2. The highest BCUT2D eigenvalue weighted by Crippen LogP contribution is 2.27. The van der Waals surface area contributed by atoms with E-state index in [1.54, 1.807) is 6.07 Å². The van der Waals surface area contributed by atoms with Gasteiger partial charge in [0.2, 0.25) is 0 Å². The Labute approximate surface area is 137 Å². The van der Waals surface area contributed by atoms with Gasteiger partial charge < -0.3 is 10.1 Å². The second kappa shape index (κ2) is 7.34. The number of rotatable bonds is 3. The van der Waals surface area contributed by atoms with E-state index < -0.39 is 11.7 Å². The van der Waals surface area contributed by atoms with Crippen molar-refractivity contribution in [1.29, 1.82) is 0 Å². The number of nitrogens with one attached hydrogen (secondary N) is 2. The first-order valence-corrected chi connectivity index (χ1v) is 8.20. The van der Waals surface area contributed by atoms with Crippen LogP contribution in [0, 0.1) is 5.92 Å². The van der Waals surface area contributed by atoms with Gasteiger partial charge in [0.1, 0.15) is 5.60 Å². The number of ether oxygens (including phenoxy) is 1. The first-order valence-electron chi connectivity index (χ1n) is 7.82. The third-order valence-corrected chi connectivity index (χ3v) is 3.91. The minimum atomic E-state index is -0.516. The van der Waals surface area contributed by atoms with E-state index in [1.807, 2.05) is 32.9 Å². The van der Waals surface area contributed by atoms with Crippen molar-refractivity contribution in [1.82, 2.24) is 5.32 Å². The van der Waals surface area contributed by atoms with Crippen LogP contribution in [-0.2, 0) is 11.2 Å². The van der Waals surface area contributed by atoms with Crippen LogP contribution in [0.4, 0.5) is 10.5 Å². The number of halogens is 1. The van der Waals surface area contributed by atoms with Gasteiger partial charge in [-0.3, -0.25) is 5.32 Å². The van der Waals surface area contributed by atoms with Gasteiger partial charge >= 0.3 is 6.09 Å². The van der Waals surface area contributed by atoms with Gasteiger partial charge in [0, 0.05) is 10.7 Å². The zero-order valence-corrected chi connectivity index (χ0v) is 14.3. The SMILES string of the molecule is CC(C)(C)OC(=O)Nc1cc(Cl)ccc1CC1CCNCC1. The molecule has 122 valence electrons. The van der Waals surface area contributed by atoms with Gasteiger partial charge in [-0.25, -0.2) is 4.79 Å². The summed E-state index contributed by atoms with van der Waals surface area (Å²) in [6.45, 7) is 7.67. The summed E-state index contributed by atoms with van der Waals surface area (Å²) in [6.07, 6.45) is 2.83. The molecule has 1 saturated heterocycles. The molecule has 1 aromatic rings. The molecule has 0 aromatic heterocycles. The van der Waals surface area contributed by atoms with Gasteiger partial charge in [0.25, 0.3) is 0 Å². The second-order valence-corrected chi connectivity index (χ2v) is 7.26. The lowest BCUT2D eigenvalue weighted by Gasteiger charge is -2.24. The Morgan fingerprint density at radius 3 is 2.68 bits per heavy atom. The first kappa shape index (κ1) is 17.1. The van der Waals surface area contributed by atoms with E-state index in [9.17, 15) is 4.79 Å². The Morgan fingerprint density at radius 1 is 1.36 bits per heavy atom. The quantitative estimate of drug-likeness (QED) is 0.874. The van der Waals surface area contributed by atoms with Gasteiger partial charge in [0.05, 0.1) is 0 Å². The molecule has 1 aliphatic heterocycles. The molecule has 0 spiro atoms. The van der Waals surface area contributed by atoms with Crippen LogP contribution < -0.4 is 10.6 Å². The molecule has 22 heavy (non-hydrogen) atoms. The van der Waals surface area contributed by atoms with E-state index in [0.29, 0.717) is 10.9 Å². The minimum Gasteiger partial charge on any atom is -0.444 e. The standard InChI is InChI=1S/C17H25ClN2O2/c1-17(2,3)22-16(21)20-15-11-14(18)5-4-13(15)10-12-6-8-19-9-7-12/h4-5,11-12,19H,6-10H2,1-3H3,(H,20,21). The van der Waals surface area contributed by atoms with Crippen LogP contribution in [0.3, 0.4) is 0 Å². The summed E-state index contributed by atoms with van der Waals surface area (Å²) in [5.41, 5.74) is 1.35. The van der Waals surface area contributed by atoms with Crippen molar-refractivity contribution in [2.45, 2.75) is 45.6 Å². The summed E-state index contributed by atoms with van der Waals surface area (Å²) >= 11 is 6.07. The number of piperidine rings is 1. The van der Waals surface area contributed by atoms with Crippen LogP contribution in [0.2, 0.25) is 5.02 Å². The van der Waals surface area contributed by atoms with E-state index in [4.69, 9.17) is 16.3 Å². The average Bonchev–Trinajstić information content (AvgIpc) is 2.41. The summed E-state index contributed by atoms with van der Waals surface area (Å²) in [7, 11) is 0. The van der Waals surface area contributed by atoms with Gasteiger partial charge in [-0.2, -0.15) is 0 Å². The Hall–Kier alpha value is -1.26. The molecule has 2 rings (SSSR count). The maximum atomic E-state index is 12.0. The normalized spacial score (nSPS) is 16.4. The number of carbonyl (C=O) groups excluding carboxylic acids is 1. The minimum absolute atomic E-state index is 0.443. The van der Waals surface area contributed by atoms with Crippen LogP contribution in [0.1, 0.15) is 39.2 Å². The van der Waals surface area contributed by atoms with Crippen molar-refractivity contribution in [3.05, 3.63) is 28.8 Å². The van der Waals surface area contributed by atoms with Crippen molar-refractivity contribution in [2.75, 3.05) is 18.4 Å². The van der Waals surface area contributed by atoms with Crippen molar-refractivity contribution >= 4 is 23.4 Å². The van der Waals surface area contributed by atoms with Crippen LogP contribution in [0.25, 0.3) is 0 Å². The fourth-order valence-corrected chi connectivity index (χ4v) is 2.83. The van der Waals surface area contributed by atoms with Gasteiger partial charge in [0.15, 0.2) is 0 Å². The predicted octanol–water partition coefficient (Wildman–Crippen LogP) is 4.23. The summed E-state index contributed by atoms with van der Waals surface area (Å²) in [5, 5.41) is 6.82. The Kier molecular flexibility index (Phi) is 5.70. The van der Waals surface area contributed by atoms with Crippen molar-refractivity contribution in [3.63, 3.8) is 0 Å². The molecule has 0 bridgehead atoms. The van der Waals surface area contributed by atoms with Crippen LogP contribution in [-0.4, -0.2) is 24.8 Å². The fourth-order valence-electron chi connectivity index (χ4n) is 2.65. The number of carbonyl (C=O) groups is 1. The Bertz CT molecular complexity index is 520. The molecule has 0 unspecified atom stereocenters. The predicted molar refractivity (Wildman–Crippen MR) is 90.6 cm³/mol. The molecule has 1 aliphatic rings. The lowest BCUT2D eigenvalue weighted by atomic mass is 9.90. The third-order valence-electron chi connectivity index (χ3n) is 3.67. The van der Waals surface area contributed by atoms with E-state index >= 15 is 0 Å². The zero-order valence-electron chi connectivity index (χ0n) is 13.5. The van der Waals surface area contributed by atoms with Crippen molar-refractivity contribution in [2.24, 2.45) is 5.92 Å². The van der Waals surface area contributed by atoms with Crippen LogP contribution >= 0.6 is 11.6 Å². The highest BCUT2D eigenvalue weighted by Gasteiger charge is 2.19. The summed E-state index contributed by atoms with van der Waals surface area (Å²) < 4.78 is 5.32. The molecule has 0 saturated carbocycles. The number of benzene rings is 1. The molecule has 5 heteroatoms. The summed E-state index contributed by atoms with van der Waals surface area (Å²) in [6, 6.07) is 5.66. The topological polar surface area (TPSA) is 50.4 Å². The molecular weight excluding hydrogens is 300 g/mol. The Morgan fingerprint density at radius 2 is 2.05 bits per heavy atom. The molecule has 4 nitrogen and oxygen atoms in total. The summed E-state index contributed by atoms with van der Waals surface area (Å²) in [4.78, 5) is 12.0. The van der Waals surface area contributed by atoms with Gasteiger partial charge in [-0.15, -0.1) is 0 Å². The molecule has 1 heterocycles. The Balaban J connectivity index is 2.08. The highest BCUT2D eigenvalue weighted by atomic mass is 35.5. The largest absolute Gasteiger partial charge is 0.444 e. The number of anilines is 1. The maximum Gasteiger partial charge on any atom is 0.412 e. The molecule has 0 aliphatic carbocycles. The van der Waals surface area contributed by atoms with E-state index in [1.165, 1.54) is 0 Å². The smallest absolute Gasteiger partial charge is 0.412 e. The molecule has 1 amide bonds. The number of amides is 1. The summed E-state index contributed by atoms with van der Waals surface area (Å²) in [5.74, 6) is 0.640. The lowest BCUT2D eigenvalue weighted by molar-refractivity contribution is 0.0635. The van der Waals surface area contributed by atoms with Crippen LogP contribution in [0.5, 0.6) is 0 Å². The maximum absolute atomic E-state index is 12.0. The number of hydrogen-bond acceptors (Lipinski definition) is 3. The number of hydrogen-bond donors (Lipinski definition) is 2. The second-order valence-electron chi connectivity index (χ2n) is 6.83. The fraction of sp³-hybridized carbons (Fsp3) is 0.588. The van der Waals surface area contributed by atoms with Gasteiger partial charge in [-0.1, -0.05) is 17.7 Å². The van der Waals surface area contributed by atoms with Crippen molar-refractivity contribution in [3.8, 4) is 0 Å². The van der Waals surface area contributed by atoms with Crippen LogP contribution in [0.15, 0.2) is 18.2 Å². The van der Waals surface area contributed by atoms with Gasteiger partial charge in [-0.05, 0) is 76.7 Å². The average molecular weight is 325 g/mol. The monoisotopic (exact) mass is 324 g/mol.